The topological polar surface area (TPSA) is 142 Å². The van der Waals surface area contributed by atoms with Gasteiger partial charge in [0.2, 0.25) is 5.91 Å². The molecule has 5 aliphatic rings. The Morgan fingerprint density at radius 2 is 1.48 bits per heavy atom. The molecule has 0 bridgehead atoms. The third-order valence-electron chi connectivity index (χ3n) is 16.2. The van der Waals surface area contributed by atoms with Gasteiger partial charge < -0.3 is 24.8 Å². The number of para-hydroxylation sites is 1. The van der Waals surface area contributed by atoms with Crippen molar-refractivity contribution < 1.29 is 23.9 Å². The summed E-state index contributed by atoms with van der Waals surface area (Å²) in [5.41, 5.74) is 3.13. The highest BCUT2D eigenvalue weighted by atomic mass is 16.5. The minimum atomic E-state index is -0.801. The largest absolute Gasteiger partial charge is 0.443 e. The van der Waals surface area contributed by atoms with Crippen LogP contribution >= 0.6 is 0 Å². The van der Waals surface area contributed by atoms with E-state index in [0.29, 0.717) is 57.0 Å². The number of fused-ring (bicyclic) bond motifs is 2. The van der Waals surface area contributed by atoms with Gasteiger partial charge in [0.05, 0.1) is 28.1 Å². The molecule has 14 nitrogen and oxygen atoms in total. The van der Waals surface area contributed by atoms with Crippen LogP contribution in [0.2, 0.25) is 0 Å². The van der Waals surface area contributed by atoms with Crippen molar-refractivity contribution in [3.63, 3.8) is 0 Å². The number of nitrogens with zero attached hydrogens (tertiary/aromatic N) is 7. The highest BCUT2D eigenvalue weighted by Crippen LogP contribution is 2.52. The Morgan fingerprint density at radius 3 is 2.15 bits per heavy atom. The highest BCUT2D eigenvalue weighted by molar-refractivity contribution is 5.97. The Kier molecular flexibility index (Phi) is 13.9. The van der Waals surface area contributed by atoms with Crippen molar-refractivity contribution >= 4 is 45.6 Å². The Hall–Kier alpha value is -5.08. The molecule has 1 unspecified atom stereocenters. The lowest BCUT2D eigenvalue weighted by Gasteiger charge is -2.43. The van der Waals surface area contributed by atoms with Gasteiger partial charge in [-0.15, -0.1) is 0 Å². The number of unbranched alkanes of at least 4 members (excludes halogenated alkanes) is 2. The average Bonchev–Trinajstić information content (AvgIpc) is 4.28. The summed E-state index contributed by atoms with van der Waals surface area (Å²) in [4.78, 5) is 78.9. The van der Waals surface area contributed by atoms with E-state index in [0.717, 1.165) is 136 Å². The van der Waals surface area contributed by atoms with E-state index in [1.165, 1.54) is 0 Å². The lowest BCUT2D eigenvalue weighted by molar-refractivity contribution is -0.154. The monoisotopic (exact) mass is 917 g/mol. The number of amides is 3. The number of carbonyl (C=O) groups excluding carboxylic acids is 4. The Morgan fingerprint density at radius 1 is 0.806 bits per heavy atom. The molecule has 4 aromatic rings. The van der Waals surface area contributed by atoms with Crippen molar-refractivity contribution in [3.05, 3.63) is 75.7 Å². The first kappa shape index (κ1) is 47.0. The summed E-state index contributed by atoms with van der Waals surface area (Å²) in [7, 11) is 2.18. The second-order valence-corrected chi connectivity index (χ2v) is 20.8. The summed E-state index contributed by atoms with van der Waals surface area (Å²) in [5, 5.41) is 9.56. The van der Waals surface area contributed by atoms with Crippen LogP contribution < -0.4 is 10.9 Å². The number of rotatable bonds is 16. The van der Waals surface area contributed by atoms with E-state index in [4.69, 9.17) is 4.74 Å². The van der Waals surface area contributed by atoms with Crippen LogP contribution in [0.4, 0.5) is 4.79 Å². The van der Waals surface area contributed by atoms with Crippen molar-refractivity contribution in [2.75, 3.05) is 59.4 Å². The predicted octanol–water partition coefficient (Wildman–Crippen LogP) is 7.48. The number of benzene rings is 2. The van der Waals surface area contributed by atoms with Crippen LogP contribution in [0.3, 0.4) is 0 Å². The lowest BCUT2D eigenvalue weighted by Crippen LogP contribution is -2.59. The van der Waals surface area contributed by atoms with E-state index < -0.39 is 11.5 Å². The maximum atomic E-state index is 14.6. The molecule has 0 radical (unpaired) electrons. The van der Waals surface area contributed by atoms with Crippen LogP contribution in [0.1, 0.15) is 131 Å². The van der Waals surface area contributed by atoms with E-state index in [9.17, 15) is 24.0 Å². The number of esters is 1. The van der Waals surface area contributed by atoms with Crippen molar-refractivity contribution in [2.45, 2.75) is 142 Å². The second kappa shape index (κ2) is 19.9. The number of pyridine rings is 1. The summed E-state index contributed by atoms with van der Waals surface area (Å²) < 4.78 is 9.09. The second-order valence-electron chi connectivity index (χ2n) is 20.8. The van der Waals surface area contributed by atoms with Crippen LogP contribution in [0.15, 0.2) is 53.5 Å². The number of piperidine rings is 2. The van der Waals surface area contributed by atoms with Gasteiger partial charge in [-0.25, -0.2) is 4.79 Å². The molecule has 2 saturated carbocycles. The fourth-order valence-corrected chi connectivity index (χ4v) is 11.4. The lowest BCUT2D eigenvalue weighted by atomic mass is 9.89. The molecule has 3 saturated heterocycles. The first-order valence-corrected chi connectivity index (χ1v) is 25.5. The van der Waals surface area contributed by atoms with Crippen molar-refractivity contribution in [3.8, 4) is 0 Å². The Balaban J connectivity index is 0.898. The Labute approximate surface area is 395 Å². The van der Waals surface area contributed by atoms with Crippen molar-refractivity contribution in [2.24, 2.45) is 10.8 Å². The number of carbonyl (C=O) groups is 4. The molecule has 5 fully saturated rings. The van der Waals surface area contributed by atoms with Gasteiger partial charge in [-0.3, -0.25) is 28.6 Å². The zero-order chi connectivity index (χ0) is 46.9. The highest BCUT2D eigenvalue weighted by Gasteiger charge is 2.51. The number of likely N-dealkylation sites (tertiary alicyclic amines) is 2. The van der Waals surface area contributed by atoms with Crippen LogP contribution in [-0.4, -0.2) is 129 Å². The Bertz CT molecular complexity index is 2520. The zero-order valence-electron chi connectivity index (χ0n) is 40.4. The molecule has 1 atom stereocenters. The molecule has 3 amide bonds. The number of aryl methyl sites for hydroxylation is 1. The first-order chi connectivity index (χ1) is 32.4. The van der Waals surface area contributed by atoms with E-state index in [1.54, 1.807) is 20.3 Å². The average molecular weight is 917 g/mol. The van der Waals surface area contributed by atoms with Gasteiger partial charge in [0.1, 0.15) is 6.04 Å². The molecule has 0 spiro atoms. The number of hydrogen-bond donors (Lipinski definition) is 1. The van der Waals surface area contributed by atoms with Gasteiger partial charge in [-0.2, -0.15) is 9.78 Å². The number of piperazine rings is 1. The summed E-state index contributed by atoms with van der Waals surface area (Å²) in [6.07, 6.45) is 14.7. The summed E-state index contributed by atoms with van der Waals surface area (Å²) in [5.74, 6) is -0.315. The predicted molar refractivity (Wildman–Crippen MR) is 260 cm³/mol. The van der Waals surface area contributed by atoms with Gasteiger partial charge in [-0.1, -0.05) is 63.8 Å². The molecule has 3 aliphatic heterocycles. The van der Waals surface area contributed by atoms with Crippen molar-refractivity contribution in [1.82, 2.24) is 39.3 Å². The molecule has 2 aromatic carbocycles. The van der Waals surface area contributed by atoms with Gasteiger partial charge >= 0.3 is 12.0 Å². The summed E-state index contributed by atoms with van der Waals surface area (Å²) in [6, 6.07) is 13.2. The van der Waals surface area contributed by atoms with Gasteiger partial charge in [0.15, 0.2) is 6.73 Å². The normalized spacial score (nSPS) is 20.5. The molecule has 5 heterocycles. The minimum Gasteiger partial charge on any atom is -0.443 e. The molecule has 1 N–H and O–H groups in total. The van der Waals surface area contributed by atoms with Crippen molar-refractivity contribution in [1.29, 1.82) is 0 Å². The quantitative estimate of drug-likeness (QED) is 0.113. The third-order valence-corrected chi connectivity index (χ3v) is 16.2. The molecule has 67 heavy (non-hydrogen) atoms. The van der Waals surface area contributed by atoms with Crippen LogP contribution in [0, 0.1) is 17.8 Å². The van der Waals surface area contributed by atoms with Gasteiger partial charge in [0, 0.05) is 62.7 Å². The number of urea groups is 1. The summed E-state index contributed by atoms with van der Waals surface area (Å²) >= 11 is 0. The minimum absolute atomic E-state index is 0.0755. The van der Waals surface area contributed by atoms with Gasteiger partial charge in [-0.05, 0) is 132 Å². The molecular weight excluding hydrogens is 845 g/mol. The molecule has 2 aliphatic carbocycles. The van der Waals surface area contributed by atoms with E-state index in [-0.39, 0.29) is 47.4 Å². The fourth-order valence-electron chi connectivity index (χ4n) is 11.4. The van der Waals surface area contributed by atoms with Crippen LogP contribution in [-0.2, 0) is 27.5 Å². The fraction of sp³-hybridized carbons (Fsp3) is 0.623. The molecule has 360 valence electrons. The SMILES string of the molecule is CCCCC1(C(=O)OCn2c(=O)c(C3CCN(C(=O)NC(Cc4cc(C)c5c(cnn5C(=O)C5(CCCC)CC5)c4)C(=O)N4CCN(C5CCN(C)CC5)CC4)CC3)cc3ccccc32)CC1. The van der Waals surface area contributed by atoms with E-state index in [2.05, 4.69) is 41.1 Å². The van der Waals surface area contributed by atoms with E-state index >= 15 is 0 Å². The number of ether oxygens (including phenoxy) is 1. The zero-order valence-corrected chi connectivity index (χ0v) is 40.4. The number of hydrogen-bond acceptors (Lipinski definition) is 9. The van der Waals surface area contributed by atoms with E-state index in [1.807, 2.05) is 54.3 Å². The summed E-state index contributed by atoms with van der Waals surface area (Å²) in [6.45, 7) is 12.0. The number of aromatic nitrogens is 3. The smallest absolute Gasteiger partial charge is 0.318 e. The molecule has 2 aromatic heterocycles. The van der Waals surface area contributed by atoms with Crippen LogP contribution in [0.5, 0.6) is 0 Å². The molecular formula is C53H72N8O6. The maximum Gasteiger partial charge on any atom is 0.318 e. The molecule has 14 heteroatoms. The number of nitrogens with one attached hydrogen (secondary N) is 1. The third kappa shape index (κ3) is 9.93. The van der Waals surface area contributed by atoms with Crippen LogP contribution in [0.25, 0.3) is 21.8 Å². The maximum absolute atomic E-state index is 14.6. The standard InChI is InChI=1S/C53H72N8O6/c1-5-7-17-52(19-20-52)49(64)61-46-37(3)31-38(32-41(46)35-54-61)33-44(48(63)58-29-27-57(28-30-58)42-15-23-56(4)24-16-42)55-51(66)59-25-13-39(14-26-59)43-34-40-11-9-10-12-45(40)60(47(43)62)36-67-50(65)53(21-22-53)18-8-6-2/h9-12,31-32,34-35,39,42,44H,5-8,13-30,33,36H2,1-4H3,(H,55,66). The molecule has 9 rings (SSSR count). The van der Waals surface area contributed by atoms with Gasteiger partial charge in [0.25, 0.3) is 11.5 Å². The first-order valence-electron chi connectivity index (χ1n) is 25.5.